The van der Waals surface area contributed by atoms with Gasteiger partial charge in [-0.15, -0.1) is 0 Å². The average Bonchev–Trinajstić information content (AvgIpc) is 3.26. The van der Waals surface area contributed by atoms with Gasteiger partial charge in [-0.2, -0.15) is 0 Å². The smallest absolute Gasteiger partial charge is 0.243 e. The number of hydroxylamine groups is 1. The molecule has 1 heterocycles. The molecule has 1 aromatic heterocycles. The highest BCUT2D eigenvalue weighted by Gasteiger charge is 2.08. The van der Waals surface area contributed by atoms with Crippen molar-refractivity contribution in [2.24, 2.45) is 0 Å². The van der Waals surface area contributed by atoms with Crippen molar-refractivity contribution in [3.05, 3.63) is 60.3 Å². The lowest BCUT2D eigenvalue weighted by molar-refractivity contribution is -0.129. The molecule has 2 aromatic carbocycles. The minimum atomic E-state index is -2.62. The third kappa shape index (κ3) is 6.92. The summed E-state index contributed by atoms with van der Waals surface area (Å²) in [6.45, 7) is 0.944. The third-order valence-corrected chi connectivity index (χ3v) is 6.29. The lowest BCUT2D eigenvalue weighted by Gasteiger charge is -2.15. The number of unbranched alkanes of at least 4 members (excludes halogenated alkanes) is 3. The van der Waals surface area contributed by atoms with Gasteiger partial charge in [0.15, 0.2) is 0 Å². The van der Waals surface area contributed by atoms with Gasteiger partial charge in [0, 0.05) is 31.2 Å². The van der Waals surface area contributed by atoms with Crippen LogP contribution in [0.2, 0.25) is 0 Å². The molecule has 0 aliphatic carbocycles. The van der Waals surface area contributed by atoms with E-state index in [0.29, 0.717) is 25.9 Å². The number of aromatic nitrogens is 1. The van der Waals surface area contributed by atoms with Gasteiger partial charge >= 0.3 is 0 Å². The lowest BCUT2D eigenvalue weighted by Crippen LogP contribution is -2.25. The van der Waals surface area contributed by atoms with Crippen molar-refractivity contribution in [2.45, 2.75) is 38.5 Å². The van der Waals surface area contributed by atoms with Crippen molar-refractivity contribution in [2.75, 3.05) is 13.1 Å². The van der Waals surface area contributed by atoms with Gasteiger partial charge in [-0.1, -0.05) is 43.2 Å². The molecule has 3 N–H and O–H groups in total. The first-order chi connectivity index (χ1) is 15.1. The average molecular weight is 444 g/mol. The molecular weight excluding hydrogens is 414 g/mol. The van der Waals surface area contributed by atoms with Crippen LogP contribution in [0.3, 0.4) is 0 Å². The van der Waals surface area contributed by atoms with Gasteiger partial charge in [-0.25, -0.2) is 18.2 Å². The number of aromatic amines is 1. The minimum Gasteiger partial charge on any atom is -0.361 e. The van der Waals surface area contributed by atoms with Gasteiger partial charge in [0.1, 0.15) is 0 Å². The van der Waals surface area contributed by atoms with Crippen LogP contribution in [0.4, 0.5) is 0 Å². The Morgan fingerprint density at radius 1 is 0.935 bits per heavy atom. The summed E-state index contributed by atoms with van der Waals surface area (Å²) >= 11 is 0. The molecule has 3 rings (SSSR count). The van der Waals surface area contributed by atoms with E-state index >= 15 is 0 Å². The maximum absolute atomic E-state index is 11.6. The fourth-order valence-electron chi connectivity index (χ4n) is 3.62. The van der Waals surface area contributed by atoms with Crippen LogP contribution in [-0.2, 0) is 22.1 Å². The van der Waals surface area contributed by atoms with E-state index < -0.39 is 10.9 Å². The number of nitrogens with one attached hydrogen (secondary N) is 2. The maximum atomic E-state index is 11.6. The van der Waals surface area contributed by atoms with E-state index in [4.69, 9.17) is 5.21 Å². The number of amides is 1. The Labute approximate surface area is 184 Å². The summed E-state index contributed by atoms with van der Waals surface area (Å²) in [5, 5.41) is 9.63. The van der Waals surface area contributed by atoms with E-state index in [1.807, 2.05) is 6.20 Å². The molecule has 0 saturated carbocycles. The number of benzene rings is 2. The van der Waals surface area contributed by atoms with Crippen LogP contribution in [-0.4, -0.2) is 41.9 Å². The van der Waals surface area contributed by atoms with Crippen molar-refractivity contribution in [1.29, 1.82) is 0 Å². The minimum absolute atomic E-state index is 0.283. The molecule has 0 radical (unpaired) electrons. The van der Waals surface area contributed by atoms with E-state index in [0.717, 1.165) is 41.5 Å². The molecule has 0 aliphatic heterocycles. The largest absolute Gasteiger partial charge is 0.361 e. The third-order valence-electron chi connectivity index (χ3n) is 5.42. The fraction of sp³-hybridized carbons (Fsp3) is 0.348. The highest BCUT2D eigenvalue weighted by Crippen LogP contribution is 2.24. The molecule has 3 aromatic rings. The number of hydrogen-bond donors (Lipinski definition) is 4. The first-order valence-corrected chi connectivity index (χ1v) is 11.7. The summed E-state index contributed by atoms with van der Waals surface area (Å²) in [6, 6.07) is 16.6. The molecule has 1 amide bonds. The SMILES string of the molecule is O=C(CCCCCCN(CCc1ccc(-c2ccc3[nH]ccc3c2)cc1)[SH](=O)=O)NO. The van der Waals surface area contributed by atoms with Crippen molar-refractivity contribution in [1.82, 2.24) is 14.8 Å². The summed E-state index contributed by atoms with van der Waals surface area (Å²) in [5.41, 5.74) is 6.11. The van der Waals surface area contributed by atoms with E-state index in [1.165, 1.54) is 9.69 Å². The van der Waals surface area contributed by atoms with Crippen LogP contribution in [0.25, 0.3) is 22.0 Å². The Morgan fingerprint density at radius 2 is 1.68 bits per heavy atom. The second-order valence-electron chi connectivity index (χ2n) is 7.62. The van der Waals surface area contributed by atoms with Crippen LogP contribution in [0, 0.1) is 0 Å². The topological polar surface area (TPSA) is 103 Å². The predicted molar refractivity (Wildman–Crippen MR) is 122 cm³/mol. The molecule has 31 heavy (non-hydrogen) atoms. The van der Waals surface area contributed by atoms with Crippen LogP contribution in [0.1, 0.15) is 37.7 Å². The molecule has 0 spiro atoms. The number of H-pyrrole nitrogens is 1. The molecule has 0 unspecified atom stereocenters. The first-order valence-electron chi connectivity index (χ1n) is 10.6. The van der Waals surface area contributed by atoms with Crippen LogP contribution >= 0.6 is 0 Å². The molecular formula is C23H29N3O4S. The number of carbonyl (C=O) groups is 1. The highest BCUT2D eigenvalue weighted by molar-refractivity contribution is 7.69. The van der Waals surface area contributed by atoms with Crippen molar-refractivity contribution in [3.63, 3.8) is 0 Å². The molecule has 8 heteroatoms. The second kappa shape index (κ2) is 11.6. The van der Waals surface area contributed by atoms with Gasteiger partial charge in [0.25, 0.3) is 0 Å². The quantitative estimate of drug-likeness (QED) is 0.148. The molecule has 0 saturated heterocycles. The van der Waals surface area contributed by atoms with E-state index in [9.17, 15) is 13.2 Å². The monoisotopic (exact) mass is 443 g/mol. The summed E-state index contributed by atoms with van der Waals surface area (Å²) < 4.78 is 24.6. The number of hydrogen-bond acceptors (Lipinski definition) is 4. The molecule has 0 fully saturated rings. The summed E-state index contributed by atoms with van der Waals surface area (Å²) in [6.07, 6.45) is 5.98. The zero-order valence-corrected chi connectivity index (χ0v) is 18.3. The Kier molecular flexibility index (Phi) is 8.63. The summed E-state index contributed by atoms with van der Waals surface area (Å²) in [4.78, 5) is 14.1. The Bertz CT molecular complexity index is 1050. The van der Waals surface area contributed by atoms with Gasteiger partial charge < -0.3 is 4.98 Å². The van der Waals surface area contributed by atoms with Gasteiger partial charge in [-0.05, 0) is 59.5 Å². The summed E-state index contributed by atoms with van der Waals surface area (Å²) in [5.74, 6) is -0.389. The number of nitrogens with zero attached hydrogens (tertiary/aromatic N) is 1. The Hall–Kier alpha value is -2.68. The van der Waals surface area contributed by atoms with Gasteiger partial charge in [-0.3, -0.25) is 10.0 Å². The summed E-state index contributed by atoms with van der Waals surface area (Å²) in [7, 11) is -2.62. The first kappa shape index (κ1) is 23.0. The maximum Gasteiger partial charge on any atom is 0.243 e. The highest BCUT2D eigenvalue weighted by atomic mass is 32.2. The van der Waals surface area contributed by atoms with Crippen LogP contribution < -0.4 is 5.48 Å². The fourth-order valence-corrected chi connectivity index (χ4v) is 4.19. The standard InChI is InChI=1S/C23H29N3O4S/c27-23(25-28)5-3-1-2-4-15-26(31(29)30)16-13-18-6-8-19(9-7-18)20-10-11-22-21(17-20)12-14-24-22/h6-12,14,17,24,28,31H,1-5,13,15-16H2,(H,25,27). The van der Waals surface area contributed by atoms with Gasteiger partial charge in [0.05, 0.1) is 0 Å². The van der Waals surface area contributed by atoms with E-state index in [-0.39, 0.29) is 12.3 Å². The molecule has 0 aliphatic rings. The number of rotatable bonds is 12. The zero-order valence-electron chi connectivity index (χ0n) is 17.4. The van der Waals surface area contributed by atoms with Crippen LogP contribution in [0.15, 0.2) is 54.7 Å². The molecule has 0 bridgehead atoms. The lowest BCUT2D eigenvalue weighted by atomic mass is 10.0. The Morgan fingerprint density at radius 3 is 2.42 bits per heavy atom. The zero-order chi connectivity index (χ0) is 22.1. The molecule has 0 atom stereocenters. The normalized spacial score (nSPS) is 11.5. The van der Waals surface area contributed by atoms with E-state index in [1.54, 1.807) is 5.48 Å². The number of carbonyl (C=O) groups excluding carboxylic acids is 1. The predicted octanol–water partition coefficient (Wildman–Crippen LogP) is 3.66. The number of thiol groups is 1. The molecule has 166 valence electrons. The Balaban J connectivity index is 1.46. The van der Waals surface area contributed by atoms with Crippen LogP contribution in [0.5, 0.6) is 0 Å². The van der Waals surface area contributed by atoms with E-state index in [2.05, 4.69) is 53.5 Å². The molecule has 7 nitrogen and oxygen atoms in total. The van der Waals surface area contributed by atoms with Crippen molar-refractivity contribution in [3.8, 4) is 11.1 Å². The van der Waals surface area contributed by atoms with Crippen molar-refractivity contribution >= 4 is 27.7 Å². The second-order valence-corrected chi connectivity index (χ2v) is 8.66. The van der Waals surface area contributed by atoms with Crippen molar-refractivity contribution < 1.29 is 18.4 Å². The number of fused-ring (bicyclic) bond motifs is 1. The van der Waals surface area contributed by atoms with Gasteiger partial charge in [0.2, 0.25) is 16.8 Å².